The number of alkyl halides is 3. The maximum atomic E-state index is 10.3. The summed E-state index contributed by atoms with van der Waals surface area (Å²) in [6, 6.07) is 8.23. The monoisotopic (exact) mass is 730 g/mol. The lowest BCUT2D eigenvalue weighted by Gasteiger charge is -2.17. The van der Waals surface area contributed by atoms with Crippen LogP contribution in [-0.4, -0.2) is 13.3 Å². The van der Waals surface area contributed by atoms with E-state index in [-0.39, 0.29) is 13.3 Å². The molecule has 144 valence electrons. The highest BCUT2D eigenvalue weighted by Crippen LogP contribution is 2.34. The van der Waals surface area contributed by atoms with E-state index in [0.29, 0.717) is 0 Å². The lowest BCUT2D eigenvalue weighted by molar-refractivity contribution is -0.111. The average molecular weight is 736 g/mol. The minimum absolute atomic E-state index is 0.0278. The van der Waals surface area contributed by atoms with Gasteiger partial charge in [0.2, 0.25) is 4.69 Å². The Bertz CT molecular complexity index is 548. The number of hydrogen-bond donors (Lipinski definition) is 0. The number of allylic oxidation sites excluding steroid dienone is 1. The maximum absolute atomic E-state index is 10.3. The Morgan fingerprint density at radius 1 is 0.960 bits per heavy atom. The van der Waals surface area contributed by atoms with E-state index in [4.69, 9.17) is 0 Å². The van der Waals surface area contributed by atoms with Crippen molar-refractivity contribution in [3.63, 3.8) is 0 Å². The minimum atomic E-state index is -0.410. The Morgan fingerprint density at radius 3 is 1.52 bits per heavy atom. The van der Waals surface area contributed by atoms with Crippen molar-refractivity contribution >= 4 is 100 Å². The van der Waals surface area contributed by atoms with Crippen LogP contribution in [0.5, 0.6) is 0 Å². The quantitative estimate of drug-likeness (QED) is 0.224. The molecule has 0 aliphatic heterocycles. The molecule has 0 N–H and O–H groups in total. The summed E-state index contributed by atoms with van der Waals surface area (Å²) in [4.78, 5) is 12.2. The van der Waals surface area contributed by atoms with Crippen LogP contribution < -0.4 is 0 Å². The van der Waals surface area contributed by atoms with Crippen LogP contribution in [0.25, 0.3) is 0 Å². The van der Waals surface area contributed by atoms with Crippen LogP contribution in [0.3, 0.4) is 0 Å². The molecule has 0 unspecified atom stereocenters. The molecule has 25 heavy (non-hydrogen) atoms. The average Bonchev–Trinajstić information content (AvgIpc) is 2.36. The van der Waals surface area contributed by atoms with Crippen LogP contribution in [-0.2, 0) is 9.12 Å². The fourth-order valence-corrected chi connectivity index (χ4v) is 3.63. The Labute approximate surface area is 202 Å². The van der Waals surface area contributed by atoms with Gasteiger partial charge in [-0.25, -0.2) is 0 Å². The van der Waals surface area contributed by atoms with Crippen LogP contribution >= 0.6 is 95.6 Å². The van der Waals surface area contributed by atoms with Crippen molar-refractivity contribution in [2.75, 3.05) is 0 Å². The number of hydrogen-bond acceptors (Lipinski definition) is 1. The summed E-state index contributed by atoms with van der Waals surface area (Å²) in [5.74, 6) is 0. The van der Waals surface area contributed by atoms with E-state index in [1.807, 2.05) is 23.2 Å². The number of halogens is 6. The summed E-state index contributed by atoms with van der Waals surface area (Å²) in [5.41, 5.74) is 1.28. The minimum Gasteiger partial charge on any atom is -0.285 e. The molecule has 0 fully saturated rings. The zero-order valence-electron chi connectivity index (χ0n) is 15.1. The topological polar surface area (TPSA) is 17.1 Å². The van der Waals surface area contributed by atoms with E-state index >= 15 is 0 Å². The van der Waals surface area contributed by atoms with Gasteiger partial charge in [0.05, 0.1) is 4.32 Å². The van der Waals surface area contributed by atoms with Gasteiger partial charge < -0.3 is 0 Å². The van der Waals surface area contributed by atoms with Crippen molar-refractivity contribution in [2.24, 2.45) is 0 Å². The van der Waals surface area contributed by atoms with Gasteiger partial charge in [0.25, 0.3) is 0 Å². The van der Waals surface area contributed by atoms with Crippen molar-refractivity contribution in [3.8, 4) is 0 Å². The van der Waals surface area contributed by atoms with Gasteiger partial charge in [-0.15, -0.1) is 0 Å². The van der Waals surface area contributed by atoms with E-state index < -0.39 is 4.32 Å². The van der Waals surface area contributed by atoms with Gasteiger partial charge in [-0.2, -0.15) is 0 Å². The van der Waals surface area contributed by atoms with Crippen molar-refractivity contribution in [3.05, 3.63) is 45.4 Å². The first-order valence-electron chi connectivity index (χ1n) is 7.32. The maximum Gasteiger partial charge on any atom is 0.213 e. The Morgan fingerprint density at radius 2 is 1.36 bits per heavy atom. The number of benzene rings is 1. The van der Waals surface area contributed by atoms with Gasteiger partial charge in [0.1, 0.15) is 0 Å². The molecular weight excluding hydrogens is 712 g/mol. The fourth-order valence-electron chi connectivity index (χ4n) is 1.09. The fraction of sp³-hybridized carbons (Fsp3) is 0.500. The van der Waals surface area contributed by atoms with E-state index in [1.54, 1.807) is 13.8 Å². The second kappa shape index (κ2) is 12.9. The van der Waals surface area contributed by atoms with Gasteiger partial charge in [-0.1, -0.05) is 104 Å². The van der Waals surface area contributed by atoms with Gasteiger partial charge in [0.15, 0.2) is 0 Å². The normalized spacial score (nSPS) is 12.0. The van der Waals surface area contributed by atoms with Crippen LogP contribution in [0.4, 0.5) is 0 Å². The predicted octanol–water partition coefficient (Wildman–Crippen LogP) is 9.23. The molecule has 0 bridgehead atoms. The molecule has 0 atom stereocenters. The molecule has 0 amide bonds. The Kier molecular flexibility index (Phi) is 14.8. The molecule has 0 radical (unpaired) electrons. The van der Waals surface area contributed by atoms with Gasteiger partial charge in [-0.05, 0) is 74.1 Å². The largest absolute Gasteiger partial charge is 0.285 e. The van der Waals surface area contributed by atoms with Crippen LogP contribution in [0.15, 0.2) is 39.8 Å². The zero-order valence-corrected chi connectivity index (χ0v) is 24.7. The Hall–Kier alpha value is 1.51. The summed E-state index contributed by atoms with van der Waals surface area (Å²) >= 11 is 19.7. The first-order valence-corrected chi connectivity index (χ1v) is 12.2. The molecule has 0 aromatic heterocycles. The molecular formula is C18H24Br6O. The third-order valence-electron chi connectivity index (χ3n) is 2.44. The first kappa shape index (κ1) is 28.7. The van der Waals surface area contributed by atoms with Crippen molar-refractivity contribution in [2.45, 2.75) is 54.5 Å². The number of carbonyl (C=O) groups is 1. The third kappa shape index (κ3) is 17.3. The standard InChI is InChI=1S/C9H10Br2.C5H8Br2.C4H6Br2O/c1-9(2,11)7-5-3-4-6-8(7)10;1-5(2,7)3-4-6;1-4(2,6)3(5)7/h3-6H,1-2H3;3-4H,1-2H3;1-2H3/b;4-3+;. The second-order valence-corrected chi connectivity index (χ2v) is 14.7. The molecule has 0 heterocycles. The highest BCUT2D eigenvalue weighted by Gasteiger charge is 2.19. The van der Waals surface area contributed by atoms with Crippen LogP contribution in [0, 0.1) is 0 Å². The first-order chi connectivity index (χ1) is 11.0. The molecule has 0 aliphatic carbocycles. The SMILES string of the molecule is CC(C)(Br)/C=C/Br.CC(C)(Br)C(=O)Br.CC(C)(Br)c1ccccc1Br. The summed E-state index contributed by atoms with van der Waals surface area (Å²) in [6.45, 7) is 12.0. The van der Waals surface area contributed by atoms with E-state index in [2.05, 4.69) is 135 Å². The molecule has 0 saturated carbocycles. The highest BCUT2D eigenvalue weighted by molar-refractivity contribution is 9.20. The smallest absolute Gasteiger partial charge is 0.213 e. The number of rotatable bonds is 3. The summed E-state index contributed by atoms with van der Waals surface area (Å²) < 4.78 is 0.901. The molecule has 1 rings (SSSR count). The van der Waals surface area contributed by atoms with E-state index in [1.165, 1.54) is 5.56 Å². The van der Waals surface area contributed by atoms with Crippen LogP contribution in [0.1, 0.15) is 47.1 Å². The zero-order chi connectivity index (χ0) is 20.5. The van der Waals surface area contributed by atoms with Crippen molar-refractivity contribution in [1.29, 1.82) is 0 Å². The third-order valence-corrected chi connectivity index (χ3v) is 5.97. The molecule has 0 spiro atoms. The number of carbonyl (C=O) groups excluding carboxylic acids is 1. The molecule has 1 aromatic carbocycles. The van der Waals surface area contributed by atoms with Crippen molar-refractivity contribution in [1.82, 2.24) is 0 Å². The lowest BCUT2D eigenvalue weighted by atomic mass is 10.0. The summed E-state index contributed by atoms with van der Waals surface area (Å²) in [5, 5.41) is 0. The summed E-state index contributed by atoms with van der Waals surface area (Å²) in [6.07, 6.45) is 2.02. The molecule has 1 aromatic rings. The lowest BCUT2D eigenvalue weighted by Crippen LogP contribution is -2.17. The summed E-state index contributed by atoms with van der Waals surface area (Å²) in [7, 11) is 0. The molecule has 0 aliphatic rings. The Balaban J connectivity index is 0. The highest BCUT2D eigenvalue weighted by atomic mass is 79.9. The molecule has 1 nitrogen and oxygen atoms in total. The predicted molar refractivity (Wildman–Crippen MR) is 134 cm³/mol. The van der Waals surface area contributed by atoms with Gasteiger partial charge in [-0.3, -0.25) is 4.79 Å². The molecule has 7 heteroatoms. The van der Waals surface area contributed by atoms with Crippen molar-refractivity contribution < 1.29 is 4.79 Å². The second-order valence-electron chi connectivity index (χ2n) is 6.56. The van der Waals surface area contributed by atoms with Gasteiger partial charge in [0, 0.05) is 13.1 Å². The molecule has 0 saturated heterocycles. The van der Waals surface area contributed by atoms with E-state index in [9.17, 15) is 4.79 Å². The van der Waals surface area contributed by atoms with Crippen LogP contribution in [0.2, 0.25) is 0 Å². The van der Waals surface area contributed by atoms with Gasteiger partial charge >= 0.3 is 0 Å². The van der Waals surface area contributed by atoms with E-state index in [0.717, 1.165) is 4.47 Å².